The van der Waals surface area contributed by atoms with Gasteiger partial charge in [0, 0.05) is 38.2 Å². The molecule has 1 fully saturated rings. The van der Waals surface area contributed by atoms with Gasteiger partial charge in [0.05, 0.1) is 18.5 Å². The number of aromatic nitrogens is 3. The van der Waals surface area contributed by atoms with E-state index in [2.05, 4.69) is 25.6 Å². The number of pyridine rings is 1. The number of carbonyl (C=O) groups excluding carboxylic acids is 2. The minimum absolute atomic E-state index is 0.0650. The Labute approximate surface area is 161 Å². The number of ether oxygens (including phenoxy) is 1. The second kappa shape index (κ2) is 9.23. The minimum atomic E-state index is -0.528. The van der Waals surface area contributed by atoms with Crippen LogP contribution in [0.15, 0.2) is 41.8 Å². The monoisotopic (exact) mass is 385 g/mol. The van der Waals surface area contributed by atoms with Gasteiger partial charge in [-0.05, 0) is 37.0 Å². The van der Waals surface area contributed by atoms with Gasteiger partial charge >= 0.3 is 0 Å². The molecule has 0 unspecified atom stereocenters. The molecule has 0 aliphatic heterocycles. The van der Waals surface area contributed by atoms with E-state index in [4.69, 9.17) is 4.74 Å². The fraction of sp³-hybridized carbons (Fsp3) is 0.421. The maximum absolute atomic E-state index is 12.6. The highest BCUT2D eigenvalue weighted by atomic mass is 16.5. The van der Waals surface area contributed by atoms with Crippen LogP contribution in [0.4, 0.5) is 0 Å². The molecule has 0 bridgehead atoms. The number of hydrogen-bond acceptors (Lipinski definition) is 6. The van der Waals surface area contributed by atoms with Crippen molar-refractivity contribution in [3.8, 4) is 0 Å². The standard InChI is InChI=1S/C19H23N5O4/c1-28-16-3-2-13(17(25)22-9-12-4-6-20-7-5-12)8-15(16)24-19(27)14-10-21-11-23-18(14)26/h4-7,10-11,13,15-16H,2-3,8-9H2,1H3,(H,22,25)(H,24,27)(H,21,23,26)/t13-,15+,16+/m0/s1. The summed E-state index contributed by atoms with van der Waals surface area (Å²) < 4.78 is 5.47. The number of nitrogens with one attached hydrogen (secondary N) is 3. The highest BCUT2D eigenvalue weighted by molar-refractivity contribution is 5.93. The van der Waals surface area contributed by atoms with Gasteiger partial charge in [-0.3, -0.25) is 19.4 Å². The molecular formula is C19H23N5O4. The van der Waals surface area contributed by atoms with Crippen molar-refractivity contribution in [3.05, 3.63) is 58.5 Å². The van der Waals surface area contributed by atoms with Gasteiger partial charge in [-0.15, -0.1) is 0 Å². The van der Waals surface area contributed by atoms with Gasteiger partial charge in [0.15, 0.2) is 0 Å². The summed E-state index contributed by atoms with van der Waals surface area (Å²) in [5.41, 5.74) is 0.389. The molecule has 9 heteroatoms. The molecular weight excluding hydrogens is 362 g/mol. The zero-order valence-electron chi connectivity index (χ0n) is 15.6. The number of methoxy groups -OCH3 is 1. The van der Waals surface area contributed by atoms with E-state index in [1.165, 1.54) is 12.5 Å². The molecule has 2 aromatic rings. The van der Waals surface area contributed by atoms with E-state index >= 15 is 0 Å². The van der Waals surface area contributed by atoms with Crippen LogP contribution < -0.4 is 16.2 Å². The quantitative estimate of drug-likeness (QED) is 0.661. The lowest BCUT2D eigenvalue weighted by molar-refractivity contribution is -0.127. The Morgan fingerprint density at radius 1 is 1.25 bits per heavy atom. The van der Waals surface area contributed by atoms with Crippen molar-refractivity contribution in [3.63, 3.8) is 0 Å². The molecule has 3 N–H and O–H groups in total. The van der Waals surface area contributed by atoms with Gasteiger partial charge in [0.25, 0.3) is 11.5 Å². The van der Waals surface area contributed by atoms with E-state index in [1.54, 1.807) is 19.5 Å². The van der Waals surface area contributed by atoms with Crippen LogP contribution in [-0.2, 0) is 16.1 Å². The lowest BCUT2D eigenvalue weighted by Crippen LogP contribution is -2.50. The van der Waals surface area contributed by atoms with E-state index in [-0.39, 0.29) is 29.5 Å². The molecule has 1 aliphatic rings. The average Bonchev–Trinajstić information content (AvgIpc) is 2.73. The van der Waals surface area contributed by atoms with Crippen LogP contribution in [0.3, 0.4) is 0 Å². The van der Waals surface area contributed by atoms with Crippen LogP contribution in [0.2, 0.25) is 0 Å². The van der Waals surface area contributed by atoms with Crippen LogP contribution in [0, 0.1) is 5.92 Å². The minimum Gasteiger partial charge on any atom is -0.379 e. The van der Waals surface area contributed by atoms with Crippen molar-refractivity contribution >= 4 is 11.8 Å². The molecule has 9 nitrogen and oxygen atoms in total. The molecule has 0 aromatic carbocycles. The summed E-state index contributed by atoms with van der Waals surface area (Å²) in [6, 6.07) is 3.31. The maximum Gasteiger partial charge on any atom is 0.263 e. The molecule has 28 heavy (non-hydrogen) atoms. The fourth-order valence-electron chi connectivity index (χ4n) is 3.40. The molecule has 3 rings (SSSR count). The molecule has 0 spiro atoms. The third-order valence-electron chi connectivity index (χ3n) is 4.96. The van der Waals surface area contributed by atoms with Crippen LogP contribution in [0.1, 0.15) is 35.2 Å². The first kappa shape index (κ1) is 19.7. The van der Waals surface area contributed by atoms with E-state index < -0.39 is 11.5 Å². The smallest absolute Gasteiger partial charge is 0.263 e. The van der Waals surface area contributed by atoms with E-state index in [0.29, 0.717) is 25.8 Å². The number of hydrogen-bond donors (Lipinski definition) is 3. The van der Waals surface area contributed by atoms with Crippen LogP contribution in [0.5, 0.6) is 0 Å². The zero-order chi connectivity index (χ0) is 19.9. The summed E-state index contributed by atoms with van der Waals surface area (Å²) in [7, 11) is 1.57. The summed E-state index contributed by atoms with van der Waals surface area (Å²) in [6.07, 6.45) is 7.32. The summed E-state index contributed by atoms with van der Waals surface area (Å²) in [6.45, 7) is 0.424. The number of carbonyl (C=O) groups is 2. The van der Waals surface area contributed by atoms with Crippen LogP contribution >= 0.6 is 0 Å². The average molecular weight is 385 g/mol. The van der Waals surface area contributed by atoms with E-state index in [9.17, 15) is 14.4 Å². The first-order valence-corrected chi connectivity index (χ1v) is 9.11. The van der Waals surface area contributed by atoms with Crippen LogP contribution in [-0.4, -0.2) is 46.0 Å². The molecule has 0 saturated heterocycles. The molecule has 0 radical (unpaired) electrons. The van der Waals surface area contributed by atoms with Crippen molar-refractivity contribution in [2.45, 2.75) is 38.0 Å². The Morgan fingerprint density at radius 3 is 2.75 bits per heavy atom. The normalized spacial score (nSPS) is 21.7. The van der Waals surface area contributed by atoms with Gasteiger partial charge in [-0.2, -0.15) is 0 Å². The van der Waals surface area contributed by atoms with Gasteiger partial charge in [-0.25, -0.2) is 4.98 Å². The second-order valence-corrected chi connectivity index (χ2v) is 6.73. The predicted octanol–water partition coefficient (Wildman–Crippen LogP) is 0.395. The summed E-state index contributed by atoms with van der Waals surface area (Å²) in [4.78, 5) is 46.9. The Hall–Kier alpha value is -3.07. The van der Waals surface area contributed by atoms with Crippen molar-refractivity contribution in [2.24, 2.45) is 5.92 Å². The molecule has 3 atom stereocenters. The van der Waals surface area contributed by atoms with Crippen molar-refractivity contribution in [2.75, 3.05) is 7.11 Å². The third kappa shape index (κ3) is 4.80. The van der Waals surface area contributed by atoms with Crippen molar-refractivity contribution < 1.29 is 14.3 Å². The Bertz CT molecular complexity index is 870. The summed E-state index contributed by atoms with van der Waals surface area (Å²) in [5.74, 6) is -0.838. The number of amides is 2. The van der Waals surface area contributed by atoms with Gasteiger partial charge in [0.1, 0.15) is 5.56 Å². The molecule has 148 valence electrons. The molecule has 2 amide bonds. The van der Waals surface area contributed by atoms with Gasteiger partial charge < -0.3 is 20.4 Å². The third-order valence-corrected chi connectivity index (χ3v) is 4.96. The molecule has 2 heterocycles. The summed E-state index contributed by atoms with van der Waals surface area (Å²) in [5, 5.41) is 5.75. The highest BCUT2D eigenvalue weighted by Crippen LogP contribution is 2.27. The van der Waals surface area contributed by atoms with E-state index in [0.717, 1.165) is 5.56 Å². The largest absolute Gasteiger partial charge is 0.379 e. The topological polar surface area (TPSA) is 126 Å². The fourth-order valence-corrected chi connectivity index (χ4v) is 3.40. The lowest BCUT2D eigenvalue weighted by atomic mass is 9.83. The molecule has 1 saturated carbocycles. The van der Waals surface area contributed by atoms with Crippen molar-refractivity contribution in [1.82, 2.24) is 25.6 Å². The van der Waals surface area contributed by atoms with Gasteiger partial charge in [0.2, 0.25) is 5.91 Å². The highest BCUT2D eigenvalue weighted by Gasteiger charge is 2.35. The molecule has 2 aromatic heterocycles. The van der Waals surface area contributed by atoms with Crippen molar-refractivity contribution in [1.29, 1.82) is 0 Å². The number of nitrogens with zero attached hydrogens (tertiary/aromatic N) is 2. The Kier molecular flexibility index (Phi) is 6.49. The van der Waals surface area contributed by atoms with Crippen LogP contribution in [0.25, 0.3) is 0 Å². The second-order valence-electron chi connectivity index (χ2n) is 6.73. The Morgan fingerprint density at radius 2 is 2.04 bits per heavy atom. The van der Waals surface area contributed by atoms with Gasteiger partial charge in [-0.1, -0.05) is 0 Å². The number of rotatable bonds is 6. The number of aromatic amines is 1. The maximum atomic E-state index is 12.6. The molecule has 1 aliphatic carbocycles. The Balaban J connectivity index is 1.62. The predicted molar refractivity (Wildman–Crippen MR) is 100 cm³/mol. The lowest BCUT2D eigenvalue weighted by Gasteiger charge is -2.35. The van der Waals surface area contributed by atoms with E-state index in [1.807, 2.05) is 12.1 Å². The first-order valence-electron chi connectivity index (χ1n) is 9.11. The first-order chi connectivity index (χ1) is 13.6. The SMILES string of the molecule is CO[C@@H]1CC[C@H](C(=O)NCc2ccncc2)C[C@H]1NC(=O)c1cnc[nH]c1=O. The zero-order valence-corrected chi connectivity index (χ0v) is 15.6. The number of H-pyrrole nitrogens is 1. The summed E-state index contributed by atoms with van der Waals surface area (Å²) >= 11 is 0.